The van der Waals surface area contributed by atoms with Crippen LogP contribution in [-0.2, 0) is 19.4 Å². The number of rotatable bonds is 3. The highest BCUT2D eigenvalue weighted by Gasteiger charge is 2.19. The quantitative estimate of drug-likeness (QED) is 0.870. The first-order valence-corrected chi connectivity index (χ1v) is 7.72. The lowest BCUT2D eigenvalue weighted by atomic mass is 10.1. The summed E-state index contributed by atoms with van der Waals surface area (Å²) in [7, 11) is 1.68. The number of fused-ring (bicyclic) bond motifs is 1. The third-order valence-corrected chi connectivity index (χ3v) is 4.69. The molecule has 0 bridgehead atoms. The van der Waals surface area contributed by atoms with Gasteiger partial charge in [-0.05, 0) is 25.5 Å². The Morgan fingerprint density at radius 2 is 2.10 bits per heavy atom. The van der Waals surface area contributed by atoms with Crippen LogP contribution >= 0.6 is 11.3 Å². The molecule has 20 heavy (non-hydrogen) atoms. The predicted molar refractivity (Wildman–Crippen MR) is 80.3 cm³/mol. The van der Waals surface area contributed by atoms with Crippen LogP contribution in [-0.4, -0.2) is 35.1 Å². The highest BCUT2D eigenvalue weighted by molar-refractivity contribution is 7.11. The molecular weight excluding hydrogens is 270 g/mol. The van der Waals surface area contributed by atoms with E-state index in [4.69, 9.17) is 4.74 Å². The van der Waals surface area contributed by atoms with E-state index < -0.39 is 0 Å². The minimum absolute atomic E-state index is 0.740. The number of aromatic nitrogens is 2. The molecule has 0 atom stereocenters. The minimum atomic E-state index is 0.740. The van der Waals surface area contributed by atoms with Gasteiger partial charge in [-0.25, -0.2) is 9.97 Å². The predicted octanol–water partition coefficient (Wildman–Crippen LogP) is 2.46. The van der Waals surface area contributed by atoms with Crippen molar-refractivity contribution in [3.8, 4) is 5.88 Å². The van der Waals surface area contributed by atoms with Crippen LogP contribution in [0.5, 0.6) is 5.88 Å². The van der Waals surface area contributed by atoms with Crippen LogP contribution in [0.2, 0.25) is 0 Å². The Bertz CT molecular complexity index is 597. The maximum Gasteiger partial charge on any atom is 0.219 e. The molecule has 0 aromatic carbocycles. The lowest BCUT2D eigenvalue weighted by Crippen LogP contribution is -2.25. The summed E-state index contributed by atoms with van der Waals surface area (Å²) >= 11 is 1.89. The molecule has 3 rings (SSSR count). The summed E-state index contributed by atoms with van der Waals surface area (Å²) in [6.07, 6.45) is 3.54. The van der Waals surface area contributed by atoms with Gasteiger partial charge in [0.05, 0.1) is 12.8 Å². The average Bonchev–Trinajstić information content (AvgIpc) is 2.75. The third-order valence-electron chi connectivity index (χ3n) is 3.71. The van der Waals surface area contributed by atoms with Crippen molar-refractivity contribution in [2.75, 3.05) is 20.2 Å². The number of hydrogen-bond acceptors (Lipinski definition) is 5. The van der Waals surface area contributed by atoms with Crippen molar-refractivity contribution in [3.05, 3.63) is 39.5 Å². The van der Waals surface area contributed by atoms with Crippen LogP contribution in [0.1, 0.15) is 21.0 Å². The average molecular weight is 289 g/mol. The van der Waals surface area contributed by atoms with Crippen LogP contribution in [0.3, 0.4) is 0 Å². The fourth-order valence-corrected chi connectivity index (χ4v) is 3.60. The van der Waals surface area contributed by atoms with E-state index >= 15 is 0 Å². The van der Waals surface area contributed by atoms with Gasteiger partial charge < -0.3 is 4.74 Å². The molecule has 0 fully saturated rings. The van der Waals surface area contributed by atoms with Crippen molar-refractivity contribution in [1.82, 2.24) is 14.9 Å². The number of ether oxygens (including phenoxy) is 1. The van der Waals surface area contributed by atoms with E-state index in [1.807, 2.05) is 11.3 Å². The number of nitrogens with zero attached hydrogens (tertiary/aromatic N) is 3. The molecule has 0 amide bonds. The summed E-state index contributed by atoms with van der Waals surface area (Å²) in [5.41, 5.74) is 2.32. The Hall–Kier alpha value is -1.46. The Labute approximate surface area is 123 Å². The van der Waals surface area contributed by atoms with Crippen LogP contribution < -0.4 is 4.74 Å². The van der Waals surface area contributed by atoms with E-state index in [1.54, 1.807) is 13.4 Å². The first-order valence-electron chi connectivity index (χ1n) is 6.90. The molecule has 0 unspecified atom stereocenters. The molecular formula is C15H19N3OS. The summed E-state index contributed by atoms with van der Waals surface area (Å²) in [4.78, 5) is 13.9. The summed E-state index contributed by atoms with van der Waals surface area (Å²) in [6.45, 7) is 5.27. The minimum Gasteiger partial charge on any atom is -0.481 e. The standard InChI is InChI=1S/C15H19N3OS/c1-11-3-4-12(20-11)9-18-7-5-13-14(6-8-18)16-10-17-15(13)19-2/h3-4,10H,5-9H2,1-2H3. The van der Waals surface area contributed by atoms with Gasteiger partial charge in [-0.1, -0.05) is 0 Å². The van der Waals surface area contributed by atoms with Gasteiger partial charge in [0.1, 0.15) is 6.33 Å². The first kappa shape index (κ1) is 13.5. The van der Waals surface area contributed by atoms with Gasteiger partial charge in [-0.3, -0.25) is 4.90 Å². The van der Waals surface area contributed by atoms with Crippen molar-refractivity contribution in [3.63, 3.8) is 0 Å². The van der Waals surface area contributed by atoms with E-state index in [-0.39, 0.29) is 0 Å². The maximum atomic E-state index is 5.36. The molecule has 2 aromatic rings. The van der Waals surface area contributed by atoms with Crippen LogP contribution in [0, 0.1) is 6.92 Å². The normalized spacial score (nSPS) is 15.7. The van der Waals surface area contributed by atoms with Gasteiger partial charge in [-0.15, -0.1) is 11.3 Å². The van der Waals surface area contributed by atoms with E-state index in [1.165, 1.54) is 15.3 Å². The highest BCUT2D eigenvalue weighted by atomic mass is 32.1. The fraction of sp³-hybridized carbons (Fsp3) is 0.467. The largest absolute Gasteiger partial charge is 0.481 e. The number of aryl methyl sites for hydroxylation is 1. The van der Waals surface area contributed by atoms with E-state index in [0.29, 0.717) is 0 Å². The Morgan fingerprint density at radius 3 is 2.85 bits per heavy atom. The van der Waals surface area contributed by atoms with E-state index in [0.717, 1.165) is 44.0 Å². The Balaban J connectivity index is 1.72. The van der Waals surface area contributed by atoms with Crippen LogP contribution in [0.25, 0.3) is 0 Å². The highest BCUT2D eigenvalue weighted by Crippen LogP contribution is 2.23. The zero-order valence-corrected chi connectivity index (χ0v) is 12.7. The topological polar surface area (TPSA) is 38.3 Å². The molecule has 3 heterocycles. The van der Waals surface area contributed by atoms with Crippen molar-refractivity contribution >= 4 is 11.3 Å². The molecule has 0 spiro atoms. The zero-order chi connectivity index (χ0) is 13.9. The Kier molecular flexibility index (Phi) is 3.98. The smallest absolute Gasteiger partial charge is 0.219 e. The SMILES string of the molecule is COc1ncnc2c1CCN(Cc1ccc(C)s1)CC2. The molecule has 0 aliphatic carbocycles. The van der Waals surface area contributed by atoms with Crippen LogP contribution in [0.15, 0.2) is 18.5 Å². The number of thiophene rings is 1. The summed E-state index contributed by atoms with van der Waals surface area (Å²) in [6, 6.07) is 4.43. The molecule has 1 aliphatic heterocycles. The molecule has 106 valence electrons. The van der Waals surface area contributed by atoms with Crippen LogP contribution in [0.4, 0.5) is 0 Å². The van der Waals surface area contributed by atoms with Crippen molar-refractivity contribution in [1.29, 1.82) is 0 Å². The number of hydrogen-bond donors (Lipinski definition) is 0. The van der Waals surface area contributed by atoms with E-state index in [9.17, 15) is 0 Å². The number of methoxy groups -OCH3 is 1. The molecule has 5 heteroatoms. The van der Waals surface area contributed by atoms with E-state index in [2.05, 4.69) is 33.9 Å². The third kappa shape index (κ3) is 2.83. The first-order chi connectivity index (χ1) is 9.76. The van der Waals surface area contributed by atoms with Crippen molar-refractivity contribution in [2.45, 2.75) is 26.3 Å². The van der Waals surface area contributed by atoms with Gasteiger partial charge in [0.25, 0.3) is 0 Å². The summed E-state index contributed by atoms with van der Waals surface area (Å²) < 4.78 is 5.36. The second-order valence-corrected chi connectivity index (χ2v) is 6.47. The molecule has 0 N–H and O–H groups in total. The summed E-state index contributed by atoms with van der Waals surface area (Å²) in [5, 5.41) is 0. The Morgan fingerprint density at radius 1 is 1.25 bits per heavy atom. The molecule has 2 aromatic heterocycles. The van der Waals surface area contributed by atoms with Gasteiger partial charge >= 0.3 is 0 Å². The van der Waals surface area contributed by atoms with Gasteiger partial charge in [0.15, 0.2) is 0 Å². The molecule has 0 saturated carbocycles. The zero-order valence-electron chi connectivity index (χ0n) is 11.9. The maximum absolute atomic E-state index is 5.36. The van der Waals surface area contributed by atoms with Gasteiger partial charge in [0.2, 0.25) is 5.88 Å². The lowest BCUT2D eigenvalue weighted by Gasteiger charge is -2.18. The van der Waals surface area contributed by atoms with Crippen molar-refractivity contribution < 1.29 is 4.74 Å². The lowest BCUT2D eigenvalue weighted by molar-refractivity contribution is 0.280. The van der Waals surface area contributed by atoms with Gasteiger partial charge in [-0.2, -0.15) is 0 Å². The second kappa shape index (κ2) is 5.89. The summed E-state index contributed by atoms with van der Waals surface area (Å²) in [5.74, 6) is 0.740. The second-order valence-electron chi connectivity index (χ2n) is 5.10. The molecule has 0 radical (unpaired) electrons. The molecule has 4 nitrogen and oxygen atoms in total. The molecule has 1 aliphatic rings. The van der Waals surface area contributed by atoms with Crippen molar-refractivity contribution in [2.24, 2.45) is 0 Å². The molecule has 0 saturated heterocycles. The van der Waals surface area contributed by atoms with Gasteiger partial charge in [0, 0.05) is 41.4 Å². The fourth-order valence-electron chi connectivity index (χ4n) is 2.67. The monoisotopic (exact) mass is 289 g/mol.